The summed E-state index contributed by atoms with van der Waals surface area (Å²) in [4.78, 5) is 16.7. The molecule has 0 spiro atoms. The number of hydrogen-bond acceptors (Lipinski definition) is 8. The number of aromatic nitrogens is 1. The number of nitrogens with one attached hydrogen (secondary N) is 1. The van der Waals surface area contributed by atoms with E-state index in [1.54, 1.807) is 12.1 Å². The normalized spacial score (nSPS) is 10.9. The van der Waals surface area contributed by atoms with Gasteiger partial charge in [0, 0.05) is 28.8 Å². The maximum Gasteiger partial charge on any atom is 0.162 e. The van der Waals surface area contributed by atoms with Gasteiger partial charge in [-0.05, 0) is 44.2 Å². The van der Waals surface area contributed by atoms with E-state index in [9.17, 15) is 10.1 Å². The maximum absolute atomic E-state index is 12.1. The monoisotopic (exact) mass is 449 g/mol. The van der Waals surface area contributed by atoms with Crippen molar-refractivity contribution in [2.45, 2.75) is 13.8 Å². The van der Waals surface area contributed by atoms with Crippen molar-refractivity contribution in [2.24, 2.45) is 0 Å². The highest BCUT2D eigenvalue weighted by Gasteiger charge is 2.15. The smallest absolute Gasteiger partial charge is 0.162 e. The van der Waals surface area contributed by atoms with Gasteiger partial charge in [-0.15, -0.1) is 11.3 Å². The van der Waals surface area contributed by atoms with Crippen molar-refractivity contribution >= 4 is 28.4 Å². The summed E-state index contributed by atoms with van der Waals surface area (Å²) in [6, 6.07) is 13.1. The highest BCUT2D eigenvalue weighted by atomic mass is 32.1. The molecule has 0 aliphatic rings. The van der Waals surface area contributed by atoms with Gasteiger partial charge in [0.25, 0.3) is 0 Å². The Morgan fingerprint density at radius 1 is 1.19 bits per heavy atom. The molecule has 1 aromatic heterocycles. The second-order valence-electron chi connectivity index (χ2n) is 6.62. The first-order chi connectivity index (χ1) is 15.5. The lowest BCUT2D eigenvalue weighted by molar-refractivity contribution is 0.101. The number of hydrogen-bond donors (Lipinski definition) is 1. The molecular weight excluding hydrogens is 426 g/mol. The second-order valence-corrected chi connectivity index (χ2v) is 7.48. The molecule has 0 aliphatic carbocycles. The van der Waals surface area contributed by atoms with E-state index in [0.29, 0.717) is 39.9 Å². The Kier molecular flexibility index (Phi) is 7.47. The predicted molar refractivity (Wildman–Crippen MR) is 125 cm³/mol. The van der Waals surface area contributed by atoms with Crippen LogP contribution in [0.15, 0.2) is 48.0 Å². The van der Waals surface area contributed by atoms with Crippen LogP contribution in [0.1, 0.15) is 29.2 Å². The van der Waals surface area contributed by atoms with Gasteiger partial charge in [0.2, 0.25) is 0 Å². The standard InChI is InChI=1S/C24H23N3O4S/c1-5-31-18-8-6-16(7-9-18)21-14-32-24(27-21)17(12-25)13-26-20-11-23(30-4)22(29-3)10-19(20)15(2)28/h6-11,13-14,26H,5H2,1-4H3/b17-13+. The second kappa shape index (κ2) is 10.5. The largest absolute Gasteiger partial charge is 0.494 e. The zero-order valence-electron chi connectivity index (χ0n) is 18.3. The highest BCUT2D eigenvalue weighted by Crippen LogP contribution is 2.34. The molecule has 1 heterocycles. The van der Waals surface area contributed by atoms with Gasteiger partial charge in [0.05, 0.1) is 32.2 Å². The molecule has 0 atom stereocenters. The van der Waals surface area contributed by atoms with Crippen molar-refractivity contribution in [1.82, 2.24) is 4.98 Å². The van der Waals surface area contributed by atoms with Crippen molar-refractivity contribution < 1.29 is 19.0 Å². The first-order valence-corrected chi connectivity index (χ1v) is 10.7. The van der Waals surface area contributed by atoms with Gasteiger partial charge in [-0.2, -0.15) is 5.26 Å². The van der Waals surface area contributed by atoms with Crippen LogP contribution in [0.3, 0.4) is 0 Å². The third-order valence-corrected chi connectivity index (χ3v) is 5.47. The van der Waals surface area contributed by atoms with E-state index in [1.165, 1.54) is 38.7 Å². The Bertz CT molecular complexity index is 1180. The third kappa shape index (κ3) is 5.07. The van der Waals surface area contributed by atoms with Crippen LogP contribution in [0.4, 0.5) is 5.69 Å². The van der Waals surface area contributed by atoms with Gasteiger partial charge < -0.3 is 19.5 Å². The van der Waals surface area contributed by atoms with Gasteiger partial charge in [-0.25, -0.2) is 4.98 Å². The number of carbonyl (C=O) groups excluding carboxylic acids is 1. The number of methoxy groups -OCH3 is 2. The van der Waals surface area contributed by atoms with E-state index in [-0.39, 0.29) is 5.78 Å². The molecule has 1 N–H and O–H groups in total. The summed E-state index contributed by atoms with van der Waals surface area (Å²) in [5, 5.41) is 15.2. The molecular formula is C24H23N3O4S. The van der Waals surface area contributed by atoms with Gasteiger partial charge in [0.15, 0.2) is 17.3 Å². The minimum Gasteiger partial charge on any atom is -0.494 e. The number of anilines is 1. The molecule has 8 heteroatoms. The van der Waals surface area contributed by atoms with E-state index in [4.69, 9.17) is 14.2 Å². The molecule has 3 aromatic rings. The van der Waals surface area contributed by atoms with Crippen molar-refractivity contribution in [3.63, 3.8) is 0 Å². The summed E-state index contributed by atoms with van der Waals surface area (Å²) in [5.41, 5.74) is 2.97. The molecule has 0 radical (unpaired) electrons. The van der Waals surface area contributed by atoms with Gasteiger partial charge >= 0.3 is 0 Å². The first-order valence-electron chi connectivity index (χ1n) is 9.83. The van der Waals surface area contributed by atoms with Gasteiger partial charge in [-0.1, -0.05) is 0 Å². The van der Waals surface area contributed by atoms with Crippen LogP contribution in [-0.2, 0) is 0 Å². The lowest BCUT2D eigenvalue weighted by Crippen LogP contribution is -2.03. The minimum atomic E-state index is -0.146. The number of rotatable bonds is 9. The van der Waals surface area contributed by atoms with E-state index in [0.717, 1.165) is 17.0 Å². The van der Waals surface area contributed by atoms with Crippen molar-refractivity contribution in [3.8, 4) is 34.6 Å². The average molecular weight is 450 g/mol. The summed E-state index contributed by atoms with van der Waals surface area (Å²) < 4.78 is 16.1. The summed E-state index contributed by atoms with van der Waals surface area (Å²) in [7, 11) is 3.02. The maximum atomic E-state index is 12.1. The predicted octanol–water partition coefficient (Wildman–Crippen LogP) is 5.41. The molecule has 0 saturated heterocycles. The summed E-state index contributed by atoms with van der Waals surface area (Å²) in [6.45, 7) is 4.01. The molecule has 32 heavy (non-hydrogen) atoms. The number of ether oxygens (including phenoxy) is 3. The molecule has 2 aromatic carbocycles. The van der Waals surface area contributed by atoms with Crippen molar-refractivity contribution in [3.05, 3.63) is 58.5 Å². The fourth-order valence-electron chi connectivity index (χ4n) is 3.00. The summed E-state index contributed by atoms with van der Waals surface area (Å²) in [6.07, 6.45) is 1.54. The van der Waals surface area contributed by atoms with Gasteiger partial charge in [-0.3, -0.25) is 4.79 Å². The Balaban J connectivity index is 1.88. The molecule has 7 nitrogen and oxygen atoms in total. The van der Waals surface area contributed by atoms with Crippen LogP contribution in [-0.4, -0.2) is 31.6 Å². The third-order valence-electron chi connectivity index (χ3n) is 4.59. The Morgan fingerprint density at radius 2 is 1.88 bits per heavy atom. The number of carbonyl (C=O) groups is 1. The highest BCUT2D eigenvalue weighted by molar-refractivity contribution is 7.11. The van der Waals surface area contributed by atoms with Crippen LogP contribution in [0, 0.1) is 11.3 Å². The van der Waals surface area contributed by atoms with Crippen LogP contribution in [0.25, 0.3) is 16.8 Å². The molecule has 0 bridgehead atoms. The number of ketones is 1. The van der Waals surface area contributed by atoms with Crippen LogP contribution in [0.2, 0.25) is 0 Å². The Hall–Kier alpha value is -3.83. The summed E-state index contributed by atoms with van der Waals surface area (Å²) in [5.74, 6) is 1.57. The quantitative estimate of drug-likeness (QED) is 0.345. The van der Waals surface area contributed by atoms with Crippen LogP contribution >= 0.6 is 11.3 Å². The molecule has 0 unspecified atom stereocenters. The van der Waals surface area contributed by atoms with Crippen molar-refractivity contribution in [2.75, 3.05) is 26.1 Å². The molecule has 0 amide bonds. The number of nitrogens with zero attached hydrogens (tertiary/aromatic N) is 2. The molecule has 0 fully saturated rings. The average Bonchev–Trinajstić information content (AvgIpc) is 3.29. The number of nitriles is 1. The van der Waals surface area contributed by atoms with Crippen LogP contribution < -0.4 is 19.5 Å². The first kappa shape index (κ1) is 22.8. The number of benzene rings is 2. The fourth-order valence-corrected chi connectivity index (χ4v) is 3.79. The Labute approximate surface area is 190 Å². The van der Waals surface area contributed by atoms with E-state index in [2.05, 4.69) is 16.4 Å². The van der Waals surface area contributed by atoms with E-state index in [1.807, 2.05) is 36.6 Å². The van der Waals surface area contributed by atoms with Crippen LogP contribution in [0.5, 0.6) is 17.2 Å². The minimum absolute atomic E-state index is 0.146. The summed E-state index contributed by atoms with van der Waals surface area (Å²) >= 11 is 1.37. The number of Topliss-reactive ketones (excluding diaryl/α,β-unsaturated/α-hetero) is 1. The topological polar surface area (TPSA) is 93.5 Å². The van der Waals surface area contributed by atoms with E-state index >= 15 is 0 Å². The molecule has 3 rings (SSSR count). The Morgan fingerprint density at radius 3 is 2.47 bits per heavy atom. The van der Waals surface area contributed by atoms with E-state index < -0.39 is 0 Å². The SMILES string of the molecule is CCOc1ccc(-c2csc(/C(C#N)=C/Nc3cc(OC)c(OC)cc3C(C)=O)n2)cc1. The fraction of sp³-hybridized carbons (Fsp3) is 0.208. The van der Waals surface area contributed by atoms with Crippen molar-refractivity contribution in [1.29, 1.82) is 5.26 Å². The molecule has 164 valence electrons. The molecule has 0 aliphatic heterocycles. The zero-order chi connectivity index (χ0) is 23.1. The lowest BCUT2D eigenvalue weighted by Gasteiger charge is -2.13. The zero-order valence-corrected chi connectivity index (χ0v) is 19.1. The lowest BCUT2D eigenvalue weighted by atomic mass is 10.1. The number of allylic oxidation sites excluding steroid dienone is 1. The van der Waals surface area contributed by atoms with Gasteiger partial charge in [0.1, 0.15) is 22.4 Å². The molecule has 0 saturated carbocycles. The number of thiazole rings is 1.